The summed E-state index contributed by atoms with van der Waals surface area (Å²) in [6.07, 6.45) is 0. The largest absolute Gasteiger partial charge is 0.482 e. The fraction of sp³-hybridized carbons (Fsp3) is 0.350. The van der Waals surface area contributed by atoms with Crippen molar-refractivity contribution in [1.82, 2.24) is 9.21 Å². The highest BCUT2D eigenvalue weighted by Crippen LogP contribution is 2.27. The van der Waals surface area contributed by atoms with Gasteiger partial charge in [0, 0.05) is 36.9 Å². The van der Waals surface area contributed by atoms with Crippen molar-refractivity contribution in [2.75, 3.05) is 44.6 Å². The number of rotatable bonds is 7. The Morgan fingerprint density at radius 1 is 1.10 bits per heavy atom. The quantitative estimate of drug-likeness (QED) is 0.669. The molecule has 30 heavy (non-hydrogen) atoms. The number of carbonyl (C=O) groups is 1. The lowest BCUT2D eigenvalue weighted by atomic mass is 10.3. The van der Waals surface area contributed by atoms with Gasteiger partial charge in [0.25, 0.3) is 5.91 Å². The summed E-state index contributed by atoms with van der Waals surface area (Å²) < 4.78 is 32.8. The van der Waals surface area contributed by atoms with Crippen LogP contribution in [0.3, 0.4) is 0 Å². The fourth-order valence-electron chi connectivity index (χ4n) is 3.10. The van der Waals surface area contributed by atoms with Crippen LogP contribution in [0.15, 0.2) is 47.4 Å². The van der Waals surface area contributed by atoms with Gasteiger partial charge in [-0.05, 0) is 42.9 Å². The van der Waals surface area contributed by atoms with Crippen LogP contribution in [0.2, 0.25) is 10.0 Å². The molecule has 1 aliphatic rings. The highest BCUT2D eigenvalue weighted by atomic mass is 35.5. The molecule has 2 aromatic rings. The van der Waals surface area contributed by atoms with Crippen LogP contribution in [-0.2, 0) is 14.8 Å². The van der Waals surface area contributed by atoms with Crippen LogP contribution < -0.4 is 10.1 Å². The van der Waals surface area contributed by atoms with Gasteiger partial charge in [-0.1, -0.05) is 36.2 Å². The highest BCUT2D eigenvalue weighted by molar-refractivity contribution is 7.89. The average Bonchev–Trinajstić information content (AvgIpc) is 2.73. The topological polar surface area (TPSA) is 79.0 Å². The van der Waals surface area contributed by atoms with Gasteiger partial charge < -0.3 is 15.0 Å². The molecular formula is C20H23Cl2N3O4S. The van der Waals surface area contributed by atoms with E-state index in [0.717, 1.165) is 6.54 Å². The van der Waals surface area contributed by atoms with E-state index in [2.05, 4.69) is 17.1 Å². The van der Waals surface area contributed by atoms with Crippen LogP contribution in [-0.4, -0.2) is 62.9 Å². The summed E-state index contributed by atoms with van der Waals surface area (Å²) in [4.78, 5) is 14.6. The Bertz CT molecular complexity index is 1010. The van der Waals surface area contributed by atoms with Gasteiger partial charge in [0.15, 0.2) is 6.61 Å². The van der Waals surface area contributed by atoms with Crippen molar-refractivity contribution < 1.29 is 17.9 Å². The number of nitrogens with zero attached hydrogens (tertiary/aromatic N) is 2. The van der Waals surface area contributed by atoms with E-state index in [1.54, 1.807) is 24.3 Å². The molecule has 0 radical (unpaired) electrons. The SMILES string of the molecule is CCN1CCN(S(=O)(=O)c2cccc(NC(=O)COc3ccc(Cl)cc3Cl)c2)CC1. The molecule has 0 bridgehead atoms. The molecule has 7 nitrogen and oxygen atoms in total. The third-order valence-corrected chi connectivity index (χ3v) is 7.21. The molecule has 162 valence electrons. The number of hydrogen-bond donors (Lipinski definition) is 1. The van der Waals surface area contributed by atoms with Gasteiger partial charge in [0.1, 0.15) is 5.75 Å². The van der Waals surface area contributed by atoms with Gasteiger partial charge in [-0.25, -0.2) is 8.42 Å². The zero-order valence-corrected chi connectivity index (χ0v) is 18.8. The van der Waals surface area contributed by atoms with Crippen LogP contribution in [0, 0.1) is 0 Å². The number of amides is 1. The average molecular weight is 472 g/mol. The molecule has 0 spiro atoms. The van der Waals surface area contributed by atoms with Crippen LogP contribution in [0.4, 0.5) is 5.69 Å². The summed E-state index contributed by atoms with van der Waals surface area (Å²) in [5.74, 6) is -0.106. The highest BCUT2D eigenvalue weighted by Gasteiger charge is 2.28. The summed E-state index contributed by atoms with van der Waals surface area (Å²) in [5.41, 5.74) is 0.374. The third kappa shape index (κ3) is 5.65. The maximum Gasteiger partial charge on any atom is 0.262 e. The zero-order chi connectivity index (χ0) is 21.7. The predicted octanol–water partition coefficient (Wildman–Crippen LogP) is 3.34. The van der Waals surface area contributed by atoms with Crippen LogP contribution in [0.5, 0.6) is 5.75 Å². The van der Waals surface area contributed by atoms with Crippen molar-refractivity contribution in [2.45, 2.75) is 11.8 Å². The molecule has 0 unspecified atom stereocenters. The molecule has 3 rings (SSSR count). The minimum absolute atomic E-state index is 0.145. The van der Waals surface area contributed by atoms with E-state index in [1.807, 2.05) is 0 Å². The van der Waals surface area contributed by atoms with E-state index in [4.69, 9.17) is 27.9 Å². The second kappa shape index (κ2) is 9.98. The second-order valence-electron chi connectivity index (χ2n) is 6.78. The molecule has 2 aromatic carbocycles. The van der Waals surface area contributed by atoms with E-state index in [0.29, 0.717) is 47.7 Å². The third-order valence-electron chi connectivity index (χ3n) is 4.79. The van der Waals surface area contributed by atoms with Crippen molar-refractivity contribution >= 4 is 44.8 Å². The van der Waals surface area contributed by atoms with Crippen molar-refractivity contribution in [1.29, 1.82) is 0 Å². The molecule has 1 amide bonds. The van der Waals surface area contributed by atoms with Crippen LogP contribution in [0.1, 0.15) is 6.92 Å². The molecule has 0 saturated carbocycles. The number of ether oxygens (including phenoxy) is 1. The Balaban J connectivity index is 1.62. The molecule has 0 aromatic heterocycles. The van der Waals surface area contributed by atoms with Gasteiger partial charge in [0.05, 0.1) is 9.92 Å². The Hall–Kier alpha value is -1.84. The number of benzene rings is 2. The van der Waals surface area contributed by atoms with E-state index < -0.39 is 15.9 Å². The smallest absolute Gasteiger partial charge is 0.262 e. The van der Waals surface area contributed by atoms with Crippen molar-refractivity contribution in [3.8, 4) is 5.75 Å². The summed E-state index contributed by atoms with van der Waals surface area (Å²) in [6, 6.07) is 10.9. The van der Waals surface area contributed by atoms with Gasteiger partial charge in [-0.3, -0.25) is 4.79 Å². The number of hydrogen-bond acceptors (Lipinski definition) is 5. The molecule has 1 heterocycles. The van der Waals surface area contributed by atoms with Gasteiger partial charge >= 0.3 is 0 Å². The van der Waals surface area contributed by atoms with Crippen LogP contribution in [0.25, 0.3) is 0 Å². The van der Waals surface area contributed by atoms with E-state index in [1.165, 1.54) is 22.5 Å². The minimum Gasteiger partial charge on any atom is -0.482 e. The Morgan fingerprint density at radius 2 is 1.83 bits per heavy atom. The minimum atomic E-state index is -3.62. The number of sulfonamides is 1. The first-order valence-electron chi connectivity index (χ1n) is 9.50. The van der Waals surface area contributed by atoms with Gasteiger partial charge in [-0.2, -0.15) is 4.31 Å². The van der Waals surface area contributed by atoms with Crippen molar-refractivity contribution in [2.24, 2.45) is 0 Å². The van der Waals surface area contributed by atoms with E-state index in [9.17, 15) is 13.2 Å². The van der Waals surface area contributed by atoms with E-state index >= 15 is 0 Å². The number of carbonyl (C=O) groups excluding carboxylic acids is 1. The molecule has 10 heteroatoms. The summed E-state index contributed by atoms with van der Waals surface area (Å²) >= 11 is 11.9. The zero-order valence-electron chi connectivity index (χ0n) is 16.5. The molecule has 0 atom stereocenters. The summed E-state index contributed by atoms with van der Waals surface area (Å²) in [7, 11) is -3.62. The second-order valence-corrected chi connectivity index (χ2v) is 9.56. The molecular weight excluding hydrogens is 449 g/mol. The number of likely N-dealkylation sites (N-methyl/N-ethyl adjacent to an activating group) is 1. The monoisotopic (exact) mass is 471 g/mol. The number of anilines is 1. The molecule has 1 saturated heterocycles. The van der Waals surface area contributed by atoms with Crippen molar-refractivity contribution in [3.05, 3.63) is 52.5 Å². The lowest BCUT2D eigenvalue weighted by molar-refractivity contribution is -0.118. The lowest BCUT2D eigenvalue weighted by Gasteiger charge is -2.33. The predicted molar refractivity (Wildman–Crippen MR) is 118 cm³/mol. The Labute approximate surface area is 186 Å². The Kier molecular flexibility index (Phi) is 7.60. The maximum absolute atomic E-state index is 12.9. The number of piperazine rings is 1. The normalized spacial score (nSPS) is 15.7. The van der Waals surface area contributed by atoms with Gasteiger partial charge in [0.2, 0.25) is 10.0 Å². The van der Waals surface area contributed by atoms with Gasteiger partial charge in [-0.15, -0.1) is 0 Å². The summed E-state index contributed by atoms with van der Waals surface area (Å²) in [5, 5.41) is 3.41. The molecule has 1 N–H and O–H groups in total. The molecule has 1 fully saturated rings. The first-order valence-corrected chi connectivity index (χ1v) is 11.7. The first kappa shape index (κ1) is 22.8. The Morgan fingerprint density at radius 3 is 2.50 bits per heavy atom. The van der Waals surface area contributed by atoms with Crippen LogP contribution >= 0.6 is 23.2 Å². The maximum atomic E-state index is 12.9. The van der Waals surface area contributed by atoms with Crippen molar-refractivity contribution in [3.63, 3.8) is 0 Å². The molecule has 1 aliphatic heterocycles. The molecule has 0 aliphatic carbocycles. The fourth-order valence-corrected chi connectivity index (χ4v) is 5.03. The van der Waals surface area contributed by atoms with E-state index in [-0.39, 0.29) is 11.5 Å². The summed E-state index contributed by atoms with van der Waals surface area (Å²) in [6.45, 7) is 4.98. The number of nitrogens with one attached hydrogen (secondary N) is 1. The standard InChI is InChI=1S/C20H23Cl2N3O4S/c1-2-24-8-10-25(11-9-24)30(27,28)17-5-3-4-16(13-17)23-20(26)14-29-19-7-6-15(21)12-18(19)22/h3-7,12-13H,2,8-11,14H2,1H3,(H,23,26). The number of halogens is 2. The lowest BCUT2D eigenvalue weighted by Crippen LogP contribution is -2.48. The first-order chi connectivity index (χ1) is 14.3.